The van der Waals surface area contributed by atoms with Gasteiger partial charge in [0.1, 0.15) is 0 Å². The van der Waals surface area contributed by atoms with Crippen LogP contribution in [0.4, 0.5) is 0 Å². The smallest absolute Gasteiger partial charge is 0.226 e. The van der Waals surface area contributed by atoms with Crippen LogP contribution in [0.1, 0.15) is 12.8 Å². The van der Waals surface area contributed by atoms with Crippen molar-refractivity contribution >= 4 is 6.71 Å². The summed E-state index contributed by atoms with van der Waals surface area (Å²) >= 11 is 0. The predicted octanol–water partition coefficient (Wildman–Crippen LogP) is 0.841. The molecule has 1 aliphatic carbocycles. The van der Waals surface area contributed by atoms with Gasteiger partial charge in [-0.2, -0.15) is 0 Å². The number of nitro groups is 3. The van der Waals surface area contributed by atoms with E-state index in [9.17, 15) is 30.3 Å². The minimum atomic E-state index is -1.22. The van der Waals surface area contributed by atoms with Gasteiger partial charge in [0.15, 0.2) is 6.71 Å². The second-order valence-corrected chi connectivity index (χ2v) is 4.94. The summed E-state index contributed by atoms with van der Waals surface area (Å²) in [6.07, 6.45) is -0.458. The normalized spacial score (nSPS) is 31.7. The third-order valence-corrected chi connectivity index (χ3v) is 3.53. The molecule has 0 aromatic rings. The third-order valence-electron chi connectivity index (χ3n) is 3.53. The zero-order valence-corrected chi connectivity index (χ0v) is 10.1. The van der Waals surface area contributed by atoms with E-state index >= 15 is 0 Å². The van der Waals surface area contributed by atoms with Crippen molar-refractivity contribution in [3.05, 3.63) is 30.3 Å². The summed E-state index contributed by atoms with van der Waals surface area (Å²) in [6, 6.07) is -3.64. The van der Waals surface area contributed by atoms with Crippen LogP contribution in [0.2, 0.25) is 19.5 Å². The lowest BCUT2D eigenvalue weighted by Crippen LogP contribution is -2.51. The third kappa shape index (κ3) is 2.74. The molecule has 0 bridgehead atoms. The quantitative estimate of drug-likeness (QED) is 0.417. The zero-order valence-electron chi connectivity index (χ0n) is 10.1. The Morgan fingerprint density at radius 3 is 1.50 bits per heavy atom. The molecule has 0 radical (unpaired) electrons. The minimum Gasteiger partial charge on any atom is -0.264 e. The van der Waals surface area contributed by atoms with Crippen LogP contribution in [-0.2, 0) is 0 Å². The molecule has 0 amide bonds. The van der Waals surface area contributed by atoms with E-state index in [1.165, 1.54) is 0 Å². The second-order valence-electron chi connectivity index (χ2n) is 4.94. The Bertz CT molecular complexity index is 352. The average molecular weight is 259 g/mol. The molecular weight excluding hydrogens is 245 g/mol. The van der Waals surface area contributed by atoms with Gasteiger partial charge >= 0.3 is 0 Å². The molecule has 0 aromatic heterocycles. The highest BCUT2D eigenvalue weighted by Crippen LogP contribution is 2.36. The van der Waals surface area contributed by atoms with Gasteiger partial charge < -0.3 is 0 Å². The molecule has 9 nitrogen and oxygen atoms in total. The van der Waals surface area contributed by atoms with Crippen LogP contribution in [0.15, 0.2) is 0 Å². The Morgan fingerprint density at radius 2 is 1.28 bits per heavy atom. The van der Waals surface area contributed by atoms with Crippen molar-refractivity contribution in [1.82, 2.24) is 0 Å². The topological polar surface area (TPSA) is 129 Å². The highest BCUT2D eigenvalue weighted by molar-refractivity contribution is 6.57. The standard InChI is InChI=1S/C8H14BN3O6/c1-9(2)8-6(11(15)16)3-5(10(13)14)4-7(8)12(17)18/h5-8H,3-4H2,1-2H3. The fraction of sp³-hybridized carbons (Fsp3) is 1.00. The van der Waals surface area contributed by atoms with Crippen molar-refractivity contribution < 1.29 is 14.8 Å². The van der Waals surface area contributed by atoms with Crippen molar-refractivity contribution in [3.63, 3.8) is 0 Å². The van der Waals surface area contributed by atoms with E-state index < -0.39 is 38.7 Å². The molecule has 0 heterocycles. The summed E-state index contributed by atoms with van der Waals surface area (Å²) in [5.74, 6) is -0.758. The van der Waals surface area contributed by atoms with Gasteiger partial charge in [-0.25, -0.2) is 0 Å². The van der Waals surface area contributed by atoms with Gasteiger partial charge in [-0.1, -0.05) is 13.6 Å². The van der Waals surface area contributed by atoms with Crippen LogP contribution < -0.4 is 0 Å². The Morgan fingerprint density at radius 1 is 0.889 bits per heavy atom. The molecule has 1 saturated carbocycles. The zero-order chi connectivity index (χ0) is 14.0. The average Bonchev–Trinajstić information content (AvgIpc) is 2.26. The lowest BCUT2D eigenvalue weighted by Gasteiger charge is -2.30. The Kier molecular flexibility index (Phi) is 4.20. The van der Waals surface area contributed by atoms with Crippen molar-refractivity contribution in [3.8, 4) is 0 Å². The highest BCUT2D eigenvalue weighted by atomic mass is 16.6. The summed E-state index contributed by atoms with van der Waals surface area (Å²) in [5.41, 5.74) is 0. The van der Waals surface area contributed by atoms with E-state index in [4.69, 9.17) is 0 Å². The Labute approximate surface area is 103 Å². The van der Waals surface area contributed by atoms with Gasteiger partial charge in [0.05, 0.1) is 18.7 Å². The summed E-state index contributed by atoms with van der Waals surface area (Å²) in [7, 11) is 0. The number of nitrogens with zero attached hydrogens (tertiary/aromatic N) is 3. The molecule has 2 atom stereocenters. The van der Waals surface area contributed by atoms with Crippen LogP contribution in [0.3, 0.4) is 0 Å². The number of hydrogen-bond acceptors (Lipinski definition) is 6. The van der Waals surface area contributed by atoms with Crippen molar-refractivity contribution in [2.24, 2.45) is 0 Å². The van der Waals surface area contributed by atoms with Gasteiger partial charge in [0.25, 0.3) is 0 Å². The fourth-order valence-electron chi connectivity index (χ4n) is 2.74. The first kappa shape index (κ1) is 14.3. The fourth-order valence-corrected chi connectivity index (χ4v) is 2.74. The van der Waals surface area contributed by atoms with Crippen LogP contribution >= 0.6 is 0 Å². The Balaban J connectivity index is 3.08. The van der Waals surface area contributed by atoms with Gasteiger partial charge in [0.2, 0.25) is 18.1 Å². The van der Waals surface area contributed by atoms with Crippen molar-refractivity contribution in [2.45, 2.75) is 50.4 Å². The molecule has 1 aliphatic rings. The van der Waals surface area contributed by atoms with Crippen LogP contribution in [0.25, 0.3) is 0 Å². The van der Waals surface area contributed by atoms with Crippen molar-refractivity contribution in [2.75, 3.05) is 0 Å². The first-order chi connectivity index (χ1) is 8.25. The monoisotopic (exact) mass is 259 g/mol. The molecule has 0 N–H and O–H groups in total. The first-order valence-corrected chi connectivity index (χ1v) is 5.66. The predicted molar refractivity (Wildman–Crippen MR) is 62.8 cm³/mol. The molecule has 0 aromatic carbocycles. The number of rotatable bonds is 4. The van der Waals surface area contributed by atoms with E-state index in [0.29, 0.717) is 0 Å². The van der Waals surface area contributed by atoms with Crippen LogP contribution in [0, 0.1) is 30.3 Å². The maximum absolute atomic E-state index is 11.0. The molecule has 18 heavy (non-hydrogen) atoms. The molecule has 100 valence electrons. The second kappa shape index (κ2) is 5.28. The van der Waals surface area contributed by atoms with E-state index in [0.717, 1.165) is 0 Å². The largest absolute Gasteiger partial charge is 0.264 e. The Hall–Kier alpha value is -1.74. The molecule has 0 spiro atoms. The summed E-state index contributed by atoms with van der Waals surface area (Å²) in [4.78, 5) is 30.8. The molecule has 0 saturated heterocycles. The first-order valence-electron chi connectivity index (χ1n) is 5.66. The summed E-state index contributed by atoms with van der Waals surface area (Å²) < 4.78 is 0. The van der Waals surface area contributed by atoms with E-state index in [-0.39, 0.29) is 19.6 Å². The molecular formula is C8H14BN3O6. The SMILES string of the molecule is CB(C)C1C([N+](=O)[O-])CC([N+](=O)[O-])CC1[N+](=O)[O-]. The van der Waals surface area contributed by atoms with Gasteiger partial charge in [-0.15, -0.1) is 0 Å². The van der Waals surface area contributed by atoms with E-state index in [1.54, 1.807) is 13.6 Å². The van der Waals surface area contributed by atoms with Gasteiger partial charge in [-0.05, 0) is 0 Å². The maximum atomic E-state index is 11.0. The molecule has 0 aliphatic heterocycles. The van der Waals surface area contributed by atoms with E-state index in [2.05, 4.69) is 0 Å². The van der Waals surface area contributed by atoms with Crippen LogP contribution in [-0.4, -0.2) is 39.6 Å². The molecule has 10 heteroatoms. The van der Waals surface area contributed by atoms with Gasteiger partial charge in [0, 0.05) is 14.8 Å². The lowest BCUT2D eigenvalue weighted by atomic mass is 9.39. The highest BCUT2D eigenvalue weighted by Gasteiger charge is 2.55. The molecule has 1 fully saturated rings. The van der Waals surface area contributed by atoms with E-state index in [1.807, 2.05) is 0 Å². The minimum absolute atomic E-state index is 0.229. The number of hydrogen-bond donors (Lipinski definition) is 0. The molecule has 2 unspecified atom stereocenters. The summed E-state index contributed by atoms with van der Waals surface area (Å²) in [5, 5.41) is 32.7. The lowest BCUT2D eigenvalue weighted by molar-refractivity contribution is -0.604. The van der Waals surface area contributed by atoms with Crippen LogP contribution in [0.5, 0.6) is 0 Å². The maximum Gasteiger partial charge on any atom is 0.226 e. The summed E-state index contributed by atoms with van der Waals surface area (Å²) in [6.45, 7) is 3.08. The molecule has 1 rings (SSSR count). The van der Waals surface area contributed by atoms with Crippen molar-refractivity contribution in [1.29, 1.82) is 0 Å². The van der Waals surface area contributed by atoms with Gasteiger partial charge in [-0.3, -0.25) is 30.3 Å².